The SMILES string of the molecule is Cc1nn(-c2cccc(Cl)c2)c(Cl)c1/C=N\NC(=O)c1cccc(Cl)c1. The van der Waals surface area contributed by atoms with Crippen LogP contribution in [-0.4, -0.2) is 21.9 Å². The first-order valence-corrected chi connectivity index (χ1v) is 8.69. The van der Waals surface area contributed by atoms with Gasteiger partial charge >= 0.3 is 0 Å². The highest BCUT2D eigenvalue weighted by Gasteiger charge is 2.13. The topological polar surface area (TPSA) is 59.3 Å². The Morgan fingerprint density at radius 2 is 1.81 bits per heavy atom. The number of carbonyl (C=O) groups excluding carboxylic acids is 1. The second-order valence-corrected chi connectivity index (χ2v) is 6.62. The van der Waals surface area contributed by atoms with Crippen molar-refractivity contribution in [1.82, 2.24) is 15.2 Å². The summed E-state index contributed by atoms with van der Waals surface area (Å²) < 4.78 is 1.56. The van der Waals surface area contributed by atoms with Crippen LogP contribution < -0.4 is 5.43 Å². The van der Waals surface area contributed by atoms with Crippen molar-refractivity contribution in [3.05, 3.63) is 80.6 Å². The lowest BCUT2D eigenvalue weighted by Gasteiger charge is -2.03. The standard InChI is InChI=1S/C18H13Cl3N4O/c1-11-16(10-22-23-18(26)12-4-2-5-13(19)8-12)17(21)25(24-11)15-7-3-6-14(20)9-15/h2-10H,1H3,(H,23,26)/b22-10-. The number of hydrogen-bond acceptors (Lipinski definition) is 3. The predicted molar refractivity (Wildman–Crippen MR) is 105 cm³/mol. The molecule has 0 saturated carbocycles. The van der Waals surface area contributed by atoms with Crippen molar-refractivity contribution < 1.29 is 4.79 Å². The summed E-state index contributed by atoms with van der Waals surface area (Å²) in [6, 6.07) is 13.8. The van der Waals surface area contributed by atoms with Gasteiger partial charge in [0.1, 0.15) is 5.15 Å². The molecule has 0 saturated heterocycles. The summed E-state index contributed by atoms with van der Waals surface area (Å²) in [7, 11) is 0. The molecule has 0 unspecified atom stereocenters. The monoisotopic (exact) mass is 406 g/mol. The highest BCUT2D eigenvalue weighted by Crippen LogP contribution is 2.23. The Bertz CT molecular complexity index is 998. The fourth-order valence-electron chi connectivity index (χ4n) is 2.29. The van der Waals surface area contributed by atoms with Gasteiger partial charge in [0.25, 0.3) is 5.91 Å². The summed E-state index contributed by atoms with van der Waals surface area (Å²) in [5.74, 6) is -0.375. The van der Waals surface area contributed by atoms with Gasteiger partial charge < -0.3 is 0 Å². The molecule has 26 heavy (non-hydrogen) atoms. The molecule has 0 aliphatic carbocycles. The van der Waals surface area contributed by atoms with Crippen LogP contribution in [0.4, 0.5) is 0 Å². The zero-order chi connectivity index (χ0) is 18.7. The molecule has 0 bridgehead atoms. The van der Waals surface area contributed by atoms with E-state index in [1.165, 1.54) is 6.21 Å². The Labute approximate surface area is 165 Å². The van der Waals surface area contributed by atoms with Crippen molar-refractivity contribution in [3.8, 4) is 5.69 Å². The van der Waals surface area contributed by atoms with Gasteiger partial charge in [-0.25, -0.2) is 10.1 Å². The van der Waals surface area contributed by atoms with Gasteiger partial charge in [-0.1, -0.05) is 46.9 Å². The first-order valence-electron chi connectivity index (χ1n) is 7.56. The number of nitrogens with one attached hydrogen (secondary N) is 1. The van der Waals surface area contributed by atoms with E-state index in [1.807, 2.05) is 12.1 Å². The van der Waals surface area contributed by atoms with E-state index in [0.29, 0.717) is 32.0 Å². The lowest BCUT2D eigenvalue weighted by molar-refractivity contribution is 0.0955. The Kier molecular flexibility index (Phi) is 5.61. The summed E-state index contributed by atoms with van der Waals surface area (Å²) in [6.45, 7) is 1.80. The largest absolute Gasteiger partial charge is 0.271 e. The number of aryl methyl sites for hydroxylation is 1. The zero-order valence-corrected chi connectivity index (χ0v) is 15.8. The summed E-state index contributed by atoms with van der Waals surface area (Å²) in [5.41, 5.74) is 4.84. The highest BCUT2D eigenvalue weighted by atomic mass is 35.5. The molecule has 0 atom stereocenters. The number of amides is 1. The lowest BCUT2D eigenvalue weighted by atomic mass is 10.2. The molecule has 8 heteroatoms. The van der Waals surface area contributed by atoms with E-state index < -0.39 is 0 Å². The number of halogens is 3. The number of hydrogen-bond donors (Lipinski definition) is 1. The predicted octanol–water partition coefficient (Wildman–Crippen LogP) is 4.90. The Hall–Kier alpha value is -2.34. The maximum atomic E-state index is 12.1. The average molecular weight is 408 g/mol. The summed E-state index contributed by atoms with van der Waals surface area (Å²) in [5, 5.41) is 9.78. The smallest absolute Gasteiger partial charge is 0.267 e. The number of benzene rings is 2. The van der Waals surface area contributed by atoms with Crippen molar-refractivity contribution in [1.29, 1.82) is 0 Å². The van der Waals surface area contributed by atoms with E-state index in [9.17, 15) is 4.79 Å². The Morgan fingerprint density at radius 1 is 1.12 bits per heavy atom. The minimum atomic E-state index is -0.375. The fraction of sp³-hybridized carbons (Fsp3) is 0.0556. The summed E-state index contributed by atoms with van der Waals surface area (Å²) in [4.78, 5) is 12.1. The molecule has 3 rings (SSSR count). The normalized spacial score (nSPS) is 11.1. The van der Waals surface area contributed by atoms with Gasteiger partial charge in [-0.2, -0.15) is 10.2 Å². The van der Waals surface area contributed by atoms with Gasteiger partial charge in [-0.15, -0.1) is 0 Å². The number of rotatable bonds is 4. The molecule has 0 fully saturated rings. The van der Waals surface area contributed by atoms with E-state index >= 15 is 0 Å². The molecule has 1 N–H and O–H groups in total. The number of nitrogens with zero attached hydrogens (tertiary/aromatic N) is 3. The van der Waals surface area contributed by atoms with Gasteiger partial charge in [-0.05, 0) is 43.3 Å². The third-order valence-corrected chi connectivity index (χ3v) is 4.38. The Morgan fingerprint density at radius 3 is 2.50 bits per heavy atom. The van der Waals surface area contributed by atoms with Crippen LogP contribution in [0.25, 0.3) is 5.69 Å². The first kappa shape index (κ1) is 18.5. The number of aromatic nitrogens is 2. The van der Waals surface area contributed by atoms with E-state index in [0.717, 1.165) is 5.69 Å². The van der Waals surface area contributed by atoms with Gasteiger partial charge in [0.05, 0.1) is 23.2 Å². The van der Waals surface area contributed by atoms with Gasteiger partial charge in [0, 0.05) is 15.6 Å². The first-order chi connectivity index (χ1) is 12.5. The van der Waals surface area contributed by atoms with Crippen LogP contribution in [0.15, 0.2) is 53.6 Å². The number of hydrazone groups is 1. The van der Waals surface area contributed by atoms with Gasteiger partial charge in [0.15, 0.2) is 0 Å². The maximum absolute atomic E-state index is 12.1. The van der Waals surface area contributed by atoms with Crippen LogP contribution in [0.3, 0.4) is 0 Å². The van der Waals surface area contributed by atoms with Crippen LogP contribution >= 0.6 is 34.8 Å². The summed E-state index contributed by atoms with van der Waals surface area (Å²) >= 11 is 18.3. The van der Waals surface area contributed by atoms with Crippen molar-refractivity contribution >= 4 is 46.9 Å². The van der Waals surface area contributed by atoms with Crippen molar-refractivity contribution in [2.75, 3.05) is 0 Å². The van der Waals surface area contributed by atoms with Crippen LogP contribution in [-0.2, 0) is 0 Å². The molecule has 132 valence electrons. The van der Waals surface area contributed by atoms with E-state index in [2.05, 4.69) is 15.6 Å². The second kappa shape index (κ2) is 7.91. The molecule has 0 aliphatic heterocycles. The molecule has 2 aromatic carbocycles. The minimum Gasteiger partial charge on any atom is -0.267 e. The van der Waals surface area contributed by atoms with E-state index in [-0.39, 0.29) is 5.91 Å². The molecule has 1 heterocycles. The molecule has 5 nitrogen and oxygen atoms in total. The minimum absolute atomic E-state index is 0.366. The highest BCUT2D eigenvalue weighted by molar-refractivity contribution is 6.33. The molecule has 3 aromatic rings. The summed E-state index contributed by atoms with van der Waals surface area (Å²) in [6.07, 6.45) is 1.45. The second-order valence-electron chi connectivity index (χ2n) is 5.39. The zero-order valence-electron chi connectivity index (χ0n) is 13.6. The molecular weight excluding hydrogens is 395 g/mol. The third-order valence-electron chi connectivity index (χ3n) is 3.55. The van der Waals surface area contributed by atoms with E-state index in [4.69, 9.17) is 34.8 Å². The third kappa shape index (κ3) is 4.07. The van der Waals surface area contributed by atoms with Crippen molar-refractivity contribution in [2.24, 2.45) is 5.10 Å². The fourth-order valence-corrected chi connectivity index (χ4v) is 2.98. The maximum Gasteiger partial charge on any atom is 0.271 e. The number of carbonyl (C=O) groups is 1. The molecule has 1 aromatic heterocycles. The molecule has 1 amide bonds. The molecule has 0 radical (unpaired) electrons. The van der Waals surface area contributed by atoms with Crippen LogP contribution in [0.5, 0.6) is 0 Å². The van der Waals surface area contributed by atoms with Crippen molar-refractivity contribution in [3.63, 3.8) is 0 Å². The van der Waals surface area contributed by atoms with Crippen LogP contribution in [0.2, 0.25) is 15.2 Å². The molecule has 0 spiro atoms. The van der Waals surface area contributed by atoms with Crippen LogP contribution in [0.1, 0.15) is 21.6 Å². The van der Waals surface area contributed by atoms with E-state index in [1.54, 1.807) is 48.0 Å². The quantitative estimate of drug-likeness (QED) is 0.494. The van der Waals surface area contributed by atoms with Gasteiger partial charge in [0.2, 0.25) is 0 Å². The van der Waals surface area contributed by atoms with Gasteiger partial charge in [-0.3, -0.25) is 4.79 Å². The van der Waals surface area contributed by atoms with Crippen LogP contribution in [0, 0.1) is 6.92 Å². The average Bonchev–Trinajstić information content (AvgIpc) is 2.90. The lowest BCUT2D eigenvalue weighted by Crippen LogP contribution is -2.17. The van der Waals surface area contributed by atoms with Crippen molar-refractivity contribution in [2.45, 2.75) is 6.92 Å². The molecule has 0 aliphatic rings. The molecular formula is C18H13Cl3N4O. The Balaban J connectivity index is 1.80.